The lowest BCUT2D eigenvalue weighted by molar-refractivity contribution is 0.202. The highest BCUT2D eigenvalue weighted by Gasteiger charge is 2.13. The van der Waals surface area contributed by atoms with Gasteiger partial charge in [0.05, 0.1) is 12.4 Å². The summed E-state index contributed by atoms with van der Waals surface area (Å²) in [6, 6.07) is 8.59. The molecule has 2 heterocycles. The molecule has 0 unspecified atom stereocenters. The van der Waals surface area contributed by atoms with Crippen LogP contribution in [0.5, 0.6) is 0 Å². The van der Waals surface area contributed by atoms with Crippen molar-refractivity contribution in [2.75, 3.05) is 11.4 Å². The van der Waals surface area contributed by atoms with Gasteiger partial charge in [-0.2, -0.15) is 10.2 Å². The Hall–Kier alpha value is -3.42. The van der Waals surface area contributed by atoms with E-state index in [0.29, 0.717) is 24.3 Å². The Morgan fingerprint density at radius 2 is 2.12 bits per heavy atom. The van der Waals surface area contributed by atoms with E-state index in [4.69, 9.17) is 0 Å². The maximum absolute atomic E-state index is 12.2. The molecule has 8 heteroatoms. The van der Waals surface area contributed by atoms with Gasteiger partial charge in [0, 0.05) is 38.0 Å². The van der Waals surface area contributed by atoms with Gasteiger partial charge in [-0.15, -0.1) is 0 Å². The van der Waals surface area contributed by atoms with Crippen LogP contribution in [0, 0.1) is 0 Å². The number of rotatable bonds is 5. The number of hydrogen-bond acceptors (Lipinski definition) is 4. The van der Waals surface area contributed by atoms with Gasteiger partial charge in [0.1, 0.15) is 11.4 Å². The second-order valence-electron chi connectivity index (χ2n) is 5.82. The van der Waals surface area contributed by atoms with Crippen LogP contribution in [-0.2, 0) is 13.5 Å². The lowest BCUT2D eigenvalue weighted by Gasteiger charge is -2.17. The Labute approximate surface area is 149 Å². The lowest BCUT2D eigenvalue weighted by Crippen LogP contribution is -2.28. The smallest absolute Gasteiger partial charge is 0.411 e. The molecule has 2 aromatic heterocycles. The van der Waals surface area contributed by atoms with Crippen molar-refractivity contribution in [3.05, 3.63) is 70.4 Å². The molecule has 3 aromatic rings. The molecule has 0 fully saturated rings. The summed E-state index contributed by atoms with van der Waals surface area (Å²) in [5.41, 5.74) is 2.36. The molecule has 0 saturated carbocycles. The Morgan fingerprint density at radius 3 is 2.77 bits per heavy atom. The first kappa shape index (κ1) is 17.4. The third-order valence-corrected chi connectivity index (χ3v) is 3.98. The van der Waals surface area contributed by atoms with Crippen molar-refractivity contribution in [3.63, 3.8) is 0 Å². The van der Waals surface area contributed by atoms with Crippen LogP contribution in [0.15, 0.2) is 53.7 Å². The summed E-state index contributed by atoms with van der Waals surface area (Å²) in [6.07, 6.45) is 4.36. The van der Waals surface area contributed by atoms with Gasteiger partial charge in [-0.1, -0.05) is 12.1 Å². The van der Waals surface area contributed by atoms with E-state index in [0.717, 1.165) is 11.3 Å². The number of anilines is 1. The van der Waals surface area contributed by atoms with Gasteiger partial charge >= 0.3 is 6.09 Å². The number of nitrogens with zero attached hydrogens (tertiary/aromatic N) is 5. The van der Waals surface area contributed by atoms with Crippen LogP contribution >= 0.6 is 0 Å². The molecule has 1 aromatic carbocycles. The van der Waals surface area contributed by atoms with Crippen molar-refractivity contribution < 1.29 is 9.90 Å². The first-order valence-corrected chi connectivity index (χ1v) is 8.15. The largest absolute Gasteiger partial charge is 0.465 e. The van der Waals surface area contributed by atoms with E-state index < -0.39 is 6.09 Å². The normalized spacial score (nSPS) is 10.7. The standard InChI is InChI=1S/C18H19N5O3/c1-3-22(18(25)26)14-6-4-5-13(9-14)10-16-17(24)7-8-23(20-16)15-11-19-21(2)12-15/h4-9,11-12H,3,10H2,1-2H3,(H,25,26). The molecule has 0 aliphatic heterocycles. The van der Waals surface area contributed by atoms with Crippen molar-refractivity contribution in [3.8, 4) is 5.69 Å². The average Bonchev–Trinajstić information content (AvgIpc) is 3.04. The summed E-state index contributed by atoms with van der Waals surface area (Å²) in [6.45, 7) is 2.11. The maximum Gasteiger partial charge on any atom is 0.411 e. The Morgan fingerprint density at radius 1 is 1.31 bits per heavy atom. The van der Waals surface area contributed by atoms with Crippen LogP contribution in [0.4, 0.5) is 10.5 Å². The van der Waals surface area contributed by atoms with Crippen molar-refractivity contribution in [2.45, 2.75) is 13.3 Å². The number of amides is 1. The summed E-state index contributed by atoms with van der Waals surface area (Å²) in [7, 11) is 1.81. The van der Waals surface area contributed by atoms with Gasteiger partial charge < -0.3 is 5.11 Å². The van der Waals surface area contributed by atoms with E-state index in [1.165, 1.54) is 11.0 Å². The molecule has 134 valence electrons. The molecule has 0 radical (unpaired) electrons. The zero-order chi connectivity index (χ0) is 18.7. The SMILES string of the molecule is CCN(C(=O)O)c1cccc(Cc2nn(-c3cnn(C)c3)ccc2=O)c1. The number of benzene rings is 1. The molecule has 0 atom stereocenters. The Bertz CT molecular complexity index is 992. The van der Waals surface area contributed by atoms with E-state index in [1.54, 1.807) is 60.1 Å². The van der Waals surface area contributed by atoms with E-state index in [2.05, 4.69) is 10.2 Å². The summed E-state index contributed by atoms with van der Waals surface area (Å²) >= 11 is 0. The highest BCUT2D eigenvalue weighted by molar-refractivity contribution is 5.85. The van der Waals surface area contributed by atoms with Gasteiger partial charge in [0.2, 0.25) is 5.43 Å². The molecule has 0 saturated heterocycles. The van der Waals surface area contributed by atoms with E-state index in [1.807, 2.05) is 6.07 Å². The van der Waals surface area contributed by atoms with Gasteiger partial charge in [-0.3, -0.25) is 14.4 Å². The van der Waals surface area contributed by atoms with Gasteiger partial charge in [0.15, 0.2) is 0 Å². The molecule has 0 aliphatic rings. The van der Waals surface area contributed by atoms with Crippen LogP contribution in [0.2, 0.25) is 0 Å². The minimum Gasteiger partial charge on any atom is -0.465 e. The second kappa shape index (κ2) is 7.22. The zero-order valence-corrected chi connectivity index (χ0v) is 14.5. The van der Waals surface area contributed by atoms with Crippen LogP contribution < -0.4 is 10.3 Å². The van der Waals surface area contributed by atoms with Crippen molar-refractivity contribution >= 4 is 11.8 Å². The molecule has 0 spiro atoms. The summed E-state index contributed by atoms with van der Waals surface area (Å²) in [5.74, 6) is 0. The van der Waals surface area contributed by atoms with E-state index >= 15 is 0 Å². The minimum absolute atomic E-state index is 0.166. The van der Waals surface area contributed by atoms with Crippen molar-refractivity contribution in [1.82, 2.24) is 19.6 Å². The van der Waals surface area contributed by atoms with Crippen LogP contribution in [-0.4, -0.2) is 37.3 Å². The molecular formula is C18H19N5O3. The molecule has 1 N–H and O–H groups in total. The van der Waals surface area contributed by atoms with Crippen LogP contribution in [0.25, 0.3) is 5.69 Å². The second-order valence-corrected chi connectivity index (χ2v) is 5.82. The quantitative estimate of drug-likeness (QED) is 0.758. The van der Waals surface area contributed by atoms with E-state index in [9.17, 15) is 14.7 Å². The highest BCUT2D eigenvalue weighted by atomic mass is 16.4. The van der Waals surface area contributed by atoms with Gasteiger partial charge in [0.25, 0.3) is 0 Å². The zero-order valence-electron chi connectivity index (χ0n) is 14.5. The Balaban J connectivity index is 1.92. The summed E-state index contributed by atoms with van der Waals surface area (Å²) in [4.78, 5) is 24.8. The van der Waals surface area contributed by atoms with Crippen LogP contribution in [0.1, 0.15) is 18.2 Å². The predicted molar refractivity (Wildman–Crippen MR) is 96.9 cm³/mol. The van der Waals surface area contributed by atoms with Crippen molar-refractivity contribution in [2.24, 2.45) is 7.05 Å². The third-order valence-electron chi connectivity index (χ3n) is 3.98. The molecule has 0 aliphatic carbocycles. The highest BCUT2D eigenvalue weighted by Crippen LogP contribution is 2.18. The number of carboxylic acid groups (broad SMARTS) is 1. The third kappa shape index (κ3) is 3.64. The van der Waals surface area contributed by atoms with E-state index in [-0.39, 0.29) is 5.43 Å². The number of carbonyl (C=O) groups is 1. The number of aryl methyl sites for hydroxylation is 1. The first-order valence-electron chi connectivity index (χ1n) is 8.15. The van der Waals surface area contributed by atoms with Crippen molar-refractivity contribution in [1.29, 1.82) is 0 Å². The summed E-state index contributed by atoms with van der Waals surface area (Å²) < 4.78 is 3.26. The molecule has 0 bridgehead atoms. The number of aromatic nitrogens is 4. The maximum atomic E-state index is 12.2. The van der Waals surface area contributed by atoms with Gasteiger partial charge in [-0.25, -0.2) is 9.48 Å². The monoisotopic (exact) mass is 353 g/mol. The first-order chi connectivity index (χ1) is 12.5. The summed E-state index contributed by atoms with van der Waals surface area (Å²) in [5, 5.41) is 17.8. The fourth-order valence-corrected chi connectivity index (χ4v) is 2.70. The topological polar surface area (TPSA) is 93.2 Å². The lowest BCUT2D eigenvalue weighted by atomic mass is 10.1. The fraction of sp³-hybridized carbons (Fsp3) is 0.222. The molecule has 26 heavy (non-hydrogen) atoms. The Kier molecular flexibility index (Phi) is 4.83. The van der Waals surface area contributed by atoms with Crippen LogP contribution in [0.3, 0.4) is 0 Å². The fourth-order valence-electron chi connectivity index (χ4n) is 2.70. The molecule has 3 rings (SSSR count). The molecular weight excluding hydrogens is 334 g/mol. The van der Waals surface area contributed by atoms with Gasteiger partial charge in [-0.05, 0) is 24.6 Å². The minimum atomic E-state index is -1.01. The number of hydrogen-bond donors (Lipinski definition) is 1. The average molecular weight is 353 g/mol. The molecule has 8 nitrogen and oxygen atoms in total. The predicted octanol–water partition coefficient (Wildman–Crippen LogP) is 2.06. The molecule has 1 amide bonds.